The molecule has 3 aliphatic rings. The van der Waals surface area contributed by atoms with E-state index in [0.29, 0.717) is 0 Å². The molecule has 0 amide bonds. The molecule has 16 nitrogen and oxygen atoms in total. The SMILES string of the molecule is OCC1O[C@H](OCC2O[C@H](O[C@]3(CO)O[C@H](CO)[C@@H](O)[C@H]3O)C(O)[C@@H](O)[C@@H]2O)C(O)[C@@H](O)[C@H]1O. The number of hydrogen-bond acceptors (Lipinski definition) is 16. The lowest BCUT2D eigenvalue weighted by molar-refractivity contribution is -0.388. The topological polar surface area (TPSA) is 269 Å². The first-order valence-electron chi connectivity index (χ1n) is 10.6. The van der Waals surface area contributed by atoms with Crippen molar-refractivity contribution in [2.24, 2.45) is 0 Å². The molecule has 11 N–H and O–H groups in total. The maximum atomic E-state index is 10.3. The molecule has 4 unspecified atom stereocenters. The van der Waals surface area contributed by atoms with E-state index in [1.54, 1.807) is 0 Å². The molecule has 3 heterocycles. The first-order valence-corrected chi connectivity index (χ1v) is 10.6. The Balaban J connectivity index is 1.69. The molecule has 0 aromatic rings. The molecule has 200 valence electrons. The normalized spacial score (nSPS) is 52.1. The first-order chi connectivity index (χ1) is 16.0. The first kappa shape index (κ1) is 27.9. The number of hydrogen-bond donors (Lipinski definition) is 11. The van der Waals surface area contributed by atoms with Crippen LogP contribution in [-0.4, -0.2) is 168 Å². The van der Waals surface area contributed by atoms with Gasteiger partial charge in [-0.1, -0.05) is 0 Å². The molecule has 0 saturated carbocycles. The summed E-state index contributed by atoms with van der Waals surface area (Å²) >= 11 is 0. The van der Waals surface area contributed by atoms with Crippen LogP contribution >= 0.6 is 0 Å². The van der Waals surface area contributed by atoms with Gasteiger partial charge in [-0.25, -0.2) is 0 Å². The van der Waals surface area contributed by atoms with E-state index in [1.807, 2.05) is 0 Å². The third-order valence-corrected chi connectivity index (χ3v) is 6.16. The van der Waals surface area contributed by atoms with Gasteiger partial charge in [-0.15, -0.1) is 0 Å². The van der Waals surface area contributed by atoms with Crippen LogP contribution in [0.15, 0.2) is 0 Å². The van der Waals surface area contributed by atoms with Gasteiger partial charge in [-0.3, -0.25) is 0 Å². The van der Waals surface area contributed by atoms with Gasteiger partial charge in [0.25, 0.3) is 0 Å². The zero-order valence-electron chi connectivity index (χ0n) is 17.8. The minimum Gasteiger partial charge on any atom is -0.394 e. The number of ether oxygens (including phenoxy) is 5. The Hall–Kier alpha value is -0.640. The summed E-state index contributed by atoms with van der Waals surface area (Å²) in [5.74, 6) is -2.36. The third kappa shape index (κ3) is 5.09. The molecule has 14 atom stereocenters. The predicted octanol–water partition coefficient (Wildman–Crippen LogP) is -7.57. The molecule has 0 aromatic heterocycles. The monoisotopic (exact) mass is 504 g/mol. The van der Waals surface area contributed by atoms with E-state index in [-0.39, 0.29) is 0 Å². The molecule has 0 radical (unpaired) electrons. The molecule has 0 aromatic carbocycles. The van der Waals surface area contributed by atoms with Gasteiger partial charge in [0.2, 0.25) is 5.79 Å². The Morgan fingerprint density at radius 3 is 1.65 bits per heavy atom. The van der Waals surface area contributed by atoms with Crippen molar-refractivity contribution in [3.8, 4) is 0 Å². The standard InChI is InChI=1S/C18H32O16/c19-1-5-8(22)11(25)13(27)16(31-5)30-3-7-9(23)12(26)14(28)17(32-7)34-18(4-21)15(29)10(24)6(2-20)33-18/h5-17,19-29H,1-4H2/t5?,6-,7?,8+,9-,10-,11+,12+,13?,14?,15-,16+,17-,18+/m1/s1. The van der Waals surface area contributed by atoms with E-state index >= 15 is 0 Å². The van der Waals surface area contributed by atoms with Crippen molar-refractivity contribution in [3.63, 3.8) is 0 Å². The minimum atomic E-state index is -2.36. The Morgan fingerprint density at radius 2 is 1.12 bits per heavy atom. The van der Waals surface area contributed by atoms with Gasteiger partial charge in [-0.05, 0) is 0 Å². The van der Waals surface area contributed by atoms with Crippen molar-refractivity contribution in [2.45, 2.75) is 85.5 Å². The van der Waals surface area contributed by atoms with Gasteiger partial charge in [0.05, 0.1) is 19.8 Å². The van der Waals surface area contributed by atoms with Gasteiger partial charge in [0, 0.05) is 0 Å². The molecular weight excluding hydrogens is 472 g/mol. The molecule has 0 bridgehead atoms. The van der Waals surface area contributed by atoms with Gasteiger partial charge in [-0.2, -0.15) is 0 Å². The Morgan fingerprint density at radius 1 is 0.588 bits per heavy atom. The number of aliphatic hydroxyl groups excluding tert-OH is 11. The van der Waals surface area contributed by atoms with Crippen LogP contribution in [0.1, 0.15) is 0 Å². The van der Waals surface area contributed by atoms with E-state index in [9.17, 15) is 56.2 Å². The second-order valence-electron chi connectivity index (χ2n) is 8.41. The molecule has 0 aliphatic carbocycles. The largest absolute Gasteiger partial charge is 0.394 e. The maximum Gasteiger partial charge on any atom is 0.224 e. The summed E-state index contributed by atoms with van der Waals surface area (Å²) in [7, 11) is 0. The molecule has 3 aliphatic heterocycles. The molecule has 3 saturated heterocycles. The van der Waals surface area contributed by atoms with Crippen LogP contribution in [0, 0.1) is 0 Å². The van der Waals surface area contributed by atoms with Gasteiger partial charge in [0.15, 0.2) is 12.6 Å². The van der Waals surface area contributed by atoms with E-state index in [1.165, 1.54) is 0 Å². The van der Waals surface area contributed by atoms with Crippen molar-refractivity contribution in [3.05, 3.63) is 0 Å². The highest BCUT2D eigenvalue weighted by Gasteiger charge is 2.58. The lowest BCUT2D eigenvalue weighted by Crippen LogP contribution is -2.63. The van der Waals surface area contributed by atoms with Crippen molar-refractivity contribution in [2.75, 3.05) is 26.4 Å². The Labute approximate surface area is 192 Å². The van der Waals surface area contributed by atoms with Crippen molar-refractivity contribution in [1.82, 2.24) is 0 Å². The van der Waals surface area contributed by atoms with Crippen LogP contribution < -0.4 is 0 Å². The smallest absolute Gasteiger partial charge is 0.224 e. The summed E-state index contributed by atoms with van der Waals surface area (Å²) in [6, 6.07) is 0. The van der Waals surface area contributed by atoms with Crippen LogP contribution in [0.25, 0.3) is 0 Å². The van der Waals surface area contributed by atoms with Crippen LogP contribution in [-0.2, 0) is 23.7 Å². The van der Waals surface area contributed by atoms with E-state index in [4.69, 9.17) is 23.7 Å². The number of aliphatic hydroxyl groups is 11. The summed E-state index contributed by atoms with van der Waals surface area (Å²) in [5.41, 5.74) is 0. The Bertz CT molecular complexity index is 653. The van der Waals surface area contributed by atoms with Crippen LogP contribution in [0.2, 0.25) is 0 Å². The highest BCUT2D eigenvalue weighted by atomic mass is 16.8. The summed E-state index contributed by atoms with van der Waals surface area (Å²) in [5, 5.41) is 109. The van der Waals surface area contributed by atoms with Crippen LogP contribution in [0.3, 0.4) is 0 Å². The van der Waals surface area contributed by atoms with E-state index < -0.39 is 112 Å². The third-order valence-electron chi connectivity index (χ3n) is 6.16. The zero-order chi connectivity index (χ0) is 25.4. The van der Waals surface area contributed by atoms with Crippen molar-refractivity contribution < 1.29 is 79.9 Å². The van der Waals surface area contributed by atoms with Gasteiger partial charge >= 0.3 is 0 Å². The fourth-order valence-electron chi connectivity index (χ4n) is 4.01. The average Bonchev–Trinajstić information content (AvgIpc) is 3.08. The fraction of sp³-hybridized carbons (Fsp3) is 1.00. The van der Waals surface area contributed by atoms with E-state index in [0.717, 1.165) is 0 Å². The van der Waals surface area contributed by atoms with Crippen LogP contribution in [0.4, 0.5) is 0 Å². The molecular formula is C18H32O16. The number of rotatable bonds is 8. The average molecular weight is 504 g/mol. The second-order valence-corrected chi connectivity index (χ2v) is 8.41. The van der Waals surface area contributed by atoms with Crippen molar-refractivity contribution in [1.29, 1.82) is 0 Å². The highest BCUT2D eigenvalue weighted by Crippen LogP contribution is 2.36. The summed E-state index contributed by atoms with van der Waals surface area (Å²) in [6.07, 6.45) is -21.8. The van der Waals surface area contributed by atoms with E-state index in [2.05, 4.69) is 0 Å². The second kappa shape index (κ2) is 11.2. The zero-order valence-corrected chi connectivity index (χ0v) is 17.8. The molecule has 34 heavy (non-hydrogen) atoms. The lowest BCUT2D eigenvalue weighted by Gasteiger charge is -2.44. The van der Waals surface area contributed by atoms with Gasteiger partial charge in [0.1, 0.15) is 73.8 Å². The quantitative estimate of drug-likeness (QED) is 0.146. The van der Waals surface area contributed by atoms with Crippen LogP contribution in [0.5, 0.6) is 0 Å². The molecule has 16 heteroatoms. The lowest BCUT2D eigenvalue weighted by atomic mass is 9.98. The summed E-state index contributed by atoms with van der Waals surface area (Å²) in [6.45, 7) is -3.14. The molecule has 3 rings (SSSR count). The Kier molecular flexibility index (Phi) is 9.18. The highest BCUT2D eigenvalue weighted by molar-refractivity contribution is 4.98. The molecule has 3 fully saturated rings. The minimum absolute atomic E-state index is 0.634. The predicted molar refractivity (Wildman–Crippen MR) is 101 cm³/mol. The summed E-state index contributed by atoms with van der Waals surface area (Å²) < 4.78 is 26.4. The van der Waals surface area contributed by atoms with Gasteiger partial charge < -0.3 is 79.9 Å². The maximum absolute atomic E-state index is 10.3. The molecule has 0 spiro atoms. The fourth-order valence-corrected chi connectivity index (χ4v) is 4.01. The summed E-state index contributed by atoms with van der Waals surface area (Å²) in [4.78, 5) is 0. The van der Waals surface area contributed by atoms with Crippen molar-refractivity contribution >= 4 is 0 Å².